The normalized spacial score (nSPS) is 19.0. The molecule has 7 nitrogen and oxygen atoms in total. The quantitative estimate of drug-likeness (QED) is 0.670. The first-order valence-corrected chi connectivity index (χ1v) is 11.1. The lowest BCUT2D eigenvalue weighted by Crippen LogP contribution is -2.35. The Hall–Kier alpha value is -2.61. The van der Waals surface area contributed by atoms with E-state index in [4.69, 9.17) is 4.98 Å². The van der Waals surface area contributed by atoms with E-state index < -0.39 is 0 Å². The van der Waals surface area contributed by atoms with Crippen LogP contribution < -0.4 is 10.9 Å². The van der Waals surface area contributed by atoms with Gasteiger partial charge in [-0.25, -0.2) is 9.67 Å². The average Bonchev–Trinajstić information content (AvgIpc) is 3.43. The second kappa shape index (κ2) is 7.33. The largest absolute Gasteiger partial charge is 0.353 e. The zero-order valence-corrected chi connectivity index (χ0v) is 17.1. The molecule has 0 saturated heterocycles. The van der Waals surface area contributed by atoms with Gasteiger partial charge in [-0.15, -0.1) is 0 Å². The van der Waals surface area contributed by atoms with Crippen molar-refractivity contribution in [3.63, 3.8) is 0 Å². The second-order valence-corrected chi connectivity index (χ2v) is 8.90. The third kappa shape index (κ3) is 3.35. The Morgan fingerprint density at radius 3 is 2.76 bits per heavy atom. The van der Waals surface area contributed by atoms with E-state index in [9.17, 15) is 9.59 Å². The molecule has 1 aliphatic heterocycles. The molecule has 2 aromatic heterocycles. The van der Waals surface area contributed by atoms with Crippen molar-refractivity contribution in [3.05, 3.63) is 46.4 Å². The summed E-state index contributed by atoms with van der Waals surface area (Å²) in [6.45, 7) is 2.03. The maximum atomic E-state index is 13.2. The minimum atomic E-state index is -0.163. The van der Waals surface area contributed by atoms with E-state index in [1.165, 1.54) is 24.6 Å². The lowest BCUT2D eigenvalue weighted by molar-refractivity contribution is -0.122. The fraction of sp³-hybridized carbons (Fsp3) is 0.429. The molecule has 5 rings (SSSR count). The number of benzene rings is 1. The Kier molecular flexibility index (Phi) is 4.66. The van der Waals surface area contributed by atoms with Crippen molar-refractivity contribution in [1.82, 2.24) is 24.6 Å². The third-order valence-corrected chi connectivity index (χ3v) is 6.89. The fourth-order valence-corrected chi connectivity index (χ4v) is 5.36. The molecular weight excluding hydrogens is 386 g/mol. The highest BCUT2D eigenvalue weighted by molar-refractivity contribution is 7.99. The van der Waals surface area contributed by atoms with Gasteiger partial charge in [-0.2, -0.15) is 5.10 Å². The molecule has 3 aromatic rings. The smallest absolute Gasteiger partial charge is 0.265 e. The Balaban J connectivity index is 1.45. The highest BCUT2D eigenvalue weighted by Crippen LogP contribution is 2.33. The zero-order chi connectivity index (χ0) is 20.0. The number of hydrogen-bond acceptors (Lipinski definition) is 5. The number of aromatic nitrogens is 4. The van der Waals surface area contributed by atoms with Crippen LogP contribution in [0.15, 0.2) is 40.4 Å². The van der Waals surface area contributed by atoms with Gasteiger partial charge in [-0.05, 0) is 31.9 Å². The molecule has 0 radical (unpaired) electrons. The summed E-state index contributed by atoms with van der Waals surface area (Å²) in [5, 5.41) is 8.67. The second-order valence-electron chi connectivity index (χ2n) is 7.92. The summed E-state index contributed by atoms with van der Waals surface area (Å²) in [6, 6.07) is 8.09. The van der Waals surface area contributed by atoms with Crippen LogP contribution in [0.3, 0.4) is 0 Å². The van der Waals surface area contributed by atoms with Crippen LogP contribution in [-0.4, -0.2) is 37.0 Å². The molecule has 1 fully saturated rings. The molecular formula is C21H23N5O2S. The average molecular weight is 410 g/mol. The van der Waals surface area contributed by atoms with Crippen molar-refractivity contribution in [2.45, 2.75) is 56.3 Å². The summed E-state index contributed by atoms with van der Waals surface area (Å²) in [5.41, 5.74) is 2.48. The van der Waals surface area contributed by atoms with Gasteiger partial charge in [0.1, 0.15) is 5.39 Å². The van der Waals surface area contributed by atoms with Crippen molar-refractivity contribution < 1.29 is 4.79 Å². The van der Waals surface area contributed by atoms with Gasteiger partial charge in [0, 0.05) is 18.2 Å². The molecule has 1 N–H and O–H groups in total. The summed E-state index contributed by atoms with van der Waals surface area (Å²) in [6.07, 6.45) is 6.37. The highest BCUT2D eigenvalue weighted by Gasteiger charge is 2.30. The van der Waals surface area contributed by atoms with Crippen LogP contribution in [0.2, 0.25) is 0 Å². The number of nitrogens with one attached hydrogen (secondary N) is 1. The molecule has 29 heavy (non-hydrogen) atoms. The molecule has 1 saturated carbocycles. The number of thioether (sulfide) groups is 1. The van der Waals surface area contributed by atoms with Crippen molar-refractivity contribution in [1.29, 1.82) is 0 Å². The molecule has 1 atom stereocenters. The Morgan fingerprint density at radius 1 is 1.24 bits per heavy atom. The number of aryl methyl sites for hydroxylation is 1. The first-order valence-electron chi connectivity index (χ1n) is 10.1. The van der Waals surface area contributed by atoms with Gasteiger partial charge in [0.05, 0.1) is 17.9 Å². The standard InChI is InChI=1S/C21H23N5O2S/c1-13-6-8-15(9-7-13)26-19-17(11-22-26)20(28)25-16(12-29-21(25)24-19)10-18(27)23-14-4-2-3-5-14/h6-9,11,14,16H,2-5,10,12H2,1H3,(H,23,27). The lowest BCUT2D eigenvalue weighted by Gasteiger charge is -2.16. The van der Waals surface area contributed by atoms with E-state index in [-0.39, 0.29) is 17.5 Å². The van der Waals surface area contributed by atoms with Gasteiger partial charge in [-0.3, -0.25) is 14.2 Å². The van der Waals surface area contributed by atoms with Crippen LogP contribution in [0.5, 0.6) is 0 Å². The molecule has 1 aliphatic carbocycles. The molecule has 2 aliphatic rings. The van der Waals surface area contributed by atoms with E-state index in [1.807, 2.05) is 31.2 Å². The van der Waals surface area contributed by atoms with E-state index >= 15 is 0 Å². The summed E-state index contributed by atoms with van der Waals surface area (Å²) in [5.74, 6) is 0.711. The molecule has 0 bridgehead atoms. The van der Waals surface area contributed by atoms with Crippen LogP contribution in [-0.2, 0) is 4.79 Å². The van der Waals surface area contributed by atoms with Crippen LogP contribution in [0.25, 0.3) is 16.7 Å². The highest BCUT2D eigenvalue weighted by atomic mass is 32.2. The number of rotatable bonds is 4. The molecule has 1 unspecified atom stereocenters. The Morgan fingerprint density at radius 2 is 2.00 bits per heavy atom. The van der Waals surface area contributed by atoms with Crippen LogP contribution >= 0.6 is 11.8 Å². The number of nitrogens with zero attached hydrogens (tertiary/aromatic N) is 4. The van der Waals surface area contributed by atoms with Gasteiger partial charge in [0.25, 0.3) is 5.56 Å². The fourth-order valence-electron chi connectivity index (χ4n) is 4.23. The monoisotopic (exact) mass is 409 g/mol. The summed E-state index contributed by atoms with van der Waals surface area (Å²) in [7, 11) is 0. The van der Waals surface area contributed by atoms with E-state index in [0.29, 0.717) is 34.4 Å². The SMILES string of the molecule is Cc1ccc(-n2ncc3c(=O)n4c(nc32)SCC4CC(=O)NC2CCCC2)cc1. The molecule has 3 heterocycles. The lowest BCUT2D eigenvalue weighted by atomic mass is 10.2. The Bertz CT molecular complexity index is 1130. The predicted octanol–water partition coefficient (Wildman–Crippen LogP) is 2.99. The van der Waals surface area contributed by atoms with Crippen molar-refractivity contribution in [2.24, 2.45) is 0 Å². The first-order chi connectivity index (χ1) is 14.1. The number of carbonyl (C=O) groups excluding carboxylic acids is 1. The number of hydrogen-bond donors (Lipinski definition) is 1. The number of amides is 1. The summed E-state index contributed by atoms with van der Waals surface area (Å²) in [4.78, 5) is 30.4. The molecule has 1 amide bonds. The maximum absolute atomic E-state index is 13.2. The topological polar surface area (TPSA) is 81.8 Å². The van der Waals surface area contributed by atoms with E-state index in [2.05, 4.69) is 10.4 Å². The molecule has 0 spiro atoms. The maximum Gasteiger partial charge on any atom is 0.265 e. The number of carbonyl (C=O) groups is 1. The predicted molar refractivity (Wildman–Crippen MR) is 113 cm³/mol. The minimum Gasteiger partial charge on any atom is -0.353 e. The third-order valence-electron chi connectivity index (χ3n) is 5.79. The van der Waals surface area contributed by atoms with E-state index in [1.54, 1.807) is 15.4 Å². The van der Waals surface area contributed by atoms with Gasteiger partial charge < -0.3 is 5.32 Å². The minimum absolute atomic E-state index is 0.0256. The van der Waals surface area contributed by atoms with Gasteiger partial charge in [0.15, 0.2) is 10.8 Å². The van der Waals surface area contributed by atoms with Crippen LogP contribution in [0.4, 0.5) is 0 Å². The molecule has 8 heteroatoms. The Labute approximate surface area is 172 Å². The first kappa shape index (κ1) is 18.4. The summed E-state index contributed by atoms with van der Waals surface area (Å²) < 4.78 is 3.39. The van der Waals surface area contributed by atoms with Crippen molar-refractivity contribution in [3.8, 4) is 5.69 Å². The molecule has 150 valence electrons. The van der Waals surface area contributed by atoms with Crippen molar-refractivity contribution in [2.75, 3.05) is 5.75 Å². The van der Waals surface area contributed by atoms with Crippen LogP contribution in [0.1, 0.15) is 43.7 Å². The zero-order valence-electron chi connectivity index (χ0n) is 16.3. The number of fused-ring (bicyclic) bond motifs is 2. The van der Waals surface area contributed by atoms with Crippen LogP contribution in [0, 0.1) is 6.92 Å². The van der Waals surface area contributed by atoms with E-state index in [0.717, 1.165) is 24.1 Å². The van der Waals surface area contributed by atoms with Gasteiger partial charge >= 0.3 is 0 Å². The van der Waals surface area contributed by atoms with Gasteiger partial charge in [0.2, 0.25) is 5.91 Å². The molecule has 1 aromatic carbocycles. The van der Waals surface area contributed by atoms with Gasteiger partial charge in [-0.1, -0.05) is 42.3 Å². The summed E-state index contributed by atoms with van der Waals surface area (Å²) >= 11 is 1.53. The van der Waals surface area contributed by atoms with Crippen molar-refractivity contribution >= 4 is 28.7 Å².